The molecule has 0 bridgehead atoms. The molecule has 0 fully saturated rings. The Labute approximate surface area is 123 Å². The summed E-state index contributed by atoms with van der Waals surface area (Å²) < 4.78 is 7.14. The van der Waals surface area contributed by atoms with Gasteiger partial charge < -0.3 is 15.4 Å². The summed E-state index contributed by atoms with van der Waals surface area (Å²) in [6.45, 7) is 0.710. The minimum absolute atomic E-state index is 0.107. The third kappa shape index (κ3) is 2.75. The first-order valence-electron chi connectivity index (χ1n) is 6.90. The van der Waals surface area contributed by atoms with Crippen LogP contribution in [0.25, 0.3) is 0 Å². The summed E-state index contributed by atoms with van der Waals surface area (Å²) in [5.74, 6) is 0.801. The number of amides is 1. The number of carbonyl (C=O) groups excluding carboxylic acids is 1. The number of nitrogens with one attached hydrogen (secondary N) is 2. The molecule has 1 aromatic carbocycles. The van der Waals surface area contributed by atoms with E-state index < -0.39 is 6.04 Å². The van der Waals surface area contributed by atoms with Crippen LogP contribution in [-0.4, -0.2) is 29.3 Å². The van der Waals surface area contributed by atoms with E-state index in [4.69, 9.17) is 4.74 Å². The largest absolute Gasteiger partial charge is 0.493 e. The number of hydrogen-bond acceptors (Lipinski definition) is 4. The lowest BCUT2D eigenvalue weighted by atomic mass is 10.1. The fourth-order valence-corrected chi connectivity index (χ4v) is 2.52. The molecule has 0 saturated heterocycles. The number of fused-ring (bicyclic) bond motifs is 1. The Balaban J connectivity index is 1.75. The highest BCUT2D eigenvalue weighted by Gasteiger charge is 2.21. The second kappa shape index (κ2) is 5.57. The molecule has 1 amide bonds. The molecular formula is C15H18N4O2. The van der Waals surface area contributed by atoms with Gasteiger partial charge in [0.25, 0.3) is 0 Å². The molecule has 0 radical (unpaired) electrons. The van der Waals surface area contributed by atoms with E-state index in [2.05, 4.69) is 15.7 Å². The Kier molecular flexibility index (Phi) is 3.62. The van der Waals surface area contributed by atoms with Gasteiger partial charge in [-0.25, -0.2) is 0 Å². The molecule has 2 N–H and O–H groups in total. The minimum atomic E-state index is -0.428. The number of likely N-dealkylation sites (N-methyl/N-ethyl adjacent to an activating group) is 1. The van der Waals surface area contributed by atoms with E-state index in [-0.39, 0.29) is 5.91 Å². The molecular weight excluding hydrogens is 268 g/mol. The summed E-state index contributed by atoms with van der Waals surface area (Å²) in [5.41, 5.74) is 2.76. The first-order chi connectivity index (χ1) is 10.2. The van der Waals surface area contributed by atoms with Crippen LogP contribution in [0.3, 0.4) is 0 Å². The van der Waals surface area contributed by atoms with E-state index in [1.807, 2.05) is 31.4 Å². The van der Waals surface area contributed by atoms with Gasteiger partial charge in [-0.3, -0.25) is 9.48 Å². The molecule has 6 nitrogen and oxygen atoms in total. The molecule has 2 heterocycles. The normalized spacial score (nSPS) is 14.4. The van der Waals surface area contributed by atoms with Crippen LogP contribution < -0.4 is 15.4 Å². The van der Waals surface area contributed by atoms with E-state index in [0.29, 0.717) is 6.61 Å². The van der Waals surface area contributed by atoms with Crippen molar-refractivity contribution < 1.29 is 9.53 Å². The van der Waals surface area contributed by atoms with Crippen molar-refractivity contribution in [1.29, 1.82) is 0 Å². The van der Waals surface area contributed by atoms with Crippen LogP contribution in [-0.2, 0) is 18.3 Å². The van der Waals surface area contributed by atoms with E-state index in [1.54, 1.807) is 17.9 Å². The smallest absolute Gasteiger partial charge is 0.246 e. The molecule has 1 aliphatic heterocycles. The van der Waals surface area contributed by atoms with Gasteiger partial charge in [0, 0.05) is 30.9 Å². The lowest BCUT2D eigenvalue weighted by Gasteiger charge is -2.15. The summed E-state index contributed by atoms with van der Waals surface area (Å²) >= 11 is 0. The van der Waals surface area contributed by atoms with E-state index in [9.17, 15) is 4.79 Å². The molecule has 2 aromatic rings. The topological polar surface area (TPSA) is 68.2 Å². The first kappa shape index (κ1) is 13.6. The van der Waals surface area contributed by atoms with Gasteiger partial charge in [-0.05, 0) is 30.8 Å². The van der Waals surface area contributed by atoms with E-state index in [0.717, 1.165) is 29.0 Å². The van der Waals surface area contributed by atoms with Gasteiger partial charge in [-0.15, -0.1) is 0 Å². The maximum atomic E-state index is 12.4. The number of benzene rings is 1. The fraction of sp³-hybridized carbons (Fsp3) is 0.333. The van der Waals surface area contributed by atoms with Crippen molar-refractivity contribution in [3.05, 3.63) is 41.7 Å². The summed E-state index contributed by atoms with van der Waals surface area (Å²) in [6, 6.07) is 5.30. The molecule has 1 atom stereocenters. The van der Waals surface area contributed by atoms with Crippen LogP contribution in [0.4, 0.5) is 5.69 Å². The molecule has 21 heavy (non-hydrogen) atoms. The third-order valence-corrected chi connectivity index (χ3v) is 3.57. The summed E-state index contributed by atoms with van der Waals surface area (Å²) in [7, 11) is 3.59. The van der Waals surface area contributed by atoms with Gasteiger partial charge in [-0.1, -0.05) is 0 Å². The van der Waals surface area contributed by atoms with Gasteiger partial charge in [0.2, 0.25) is 5.91 Å². The Hall–Kier alpha value is -2.34. The average molecular weight is 286 g/mol. The monoisotopic (exact) mass is 286 g/mol. The number of hydrogen-bond donors (Lipinski definition) is 2. The van der Waals surface area contributed by atoms with Crippen molar-refractivity contribution in [2.24, 2.45) is 7.05 Å². The Bertz CT molecular complexity index is 665. The van der Waals surface area contributed by atoms with Crippen molar-refractivity contribution in [3.8, 4) is 5.75 Å². The fourth-order valence-electron chi connectivity index (χ4n) is 2.52. The average Bonchev–Trinajstić information content (AvgIpc) is 3.08. The van der Waals surface area contributed by atoms with Crippen molar-refractivity contribution in [3.63, 3.8) is 0 Å². The summed E-state index contributed by atoms with van der Waals surface area (Å²) in [6.07, 6.45) is 4.41. The van der Waals surface area contributed by atoms with Gasteiger partial charge >= 0.3 is 0 Å². The number of ether oxygens (including phenoxy) is 1. The van der Waals surface area contributed by atoms with Crippen molar-refractivity contribution in [2.45, 2.75) is 12.5 Å². The van der Waals surface area contributed by atoms with E-state index >= 15 is 0 Å². The van der Waals surface area contributed by atoms with Gasteiger partial charge in [0.05, 0.1) is 12.8 Å². The quantitative estimate of drug-likeness (QED) is 0.887. The highest BCUT2D eigenvalue weighted by Crippen LogP contribution is 2.28. The lowest BCUT2D eigenvalue weighted by molar-refractivity contribution is -0.118. The van der Waals surface area contributed by atoms with Crippen LogP contribution in [0, 0.1) is 0 Å². The number of aromatic nitrogens is 2. The zero-order valence-corrected chi connectivity index (χ0v) is 12.1. The molecule has 0 aliphatic carbocycles. The van der Waals surface area contributed by atoms with Crippen molar-refractivity contribution >= 4 is 11.6 Å². The maximum Gasteiger partial charge on any atom is 0.246 e. The van der Waals surface area contributed by atoms with Gasteiger partial charge in [0.15, 0.2) is 0 Å². The number of rotatable bonds is 4. The Morgan fingerprint density at radius 3 is 3.05 bits per heavy atom. The highest BCUT2D eigenvalue weighted by atomic mass is 16.5. The van der Waals surface area contributed by atoms with E-state index in [1.165, 1.54) is 0 Å². The molecule has 1 unspecified atom stereocenters. The number of nitrogens with zero attached hydrogens (tertiary/aromatic N) is 2. The van der Waals surface area contributed by atoms with Crippen LogP contribution in [0.2, 0.25) is 0 Å². The molecule has 0 saturated carbocycles. The third-order valence-electron chi connectivity index (χ3n) is 3.57. The zero-order valence-electron chi connectivity index (χ0n) is 12.1. The van der Waals surface area contributed by atoms with Gasteiger partial charge in [0.1, 0.15) is 11.8 Å². The summed E-state index contributed by atoms with van der Waals surface area (Å²) in [5, 5.41) is 10.1. The standard InChI is InChI=1S/C15H18N4O2/c1-16-14(11-8-17-19(2)9-11)15(20)18-12-3-4-13-10(7-12)5-6-21-13/h3-4,7-9,14,16H,5-6H2,1-2H3,(H,18,20). The number of carbonyl (C=O) groups is 1. The Morgan fingerprint density at radius 2 is 2.33 bits per heavy atom. The highest BCUT2D eigenvalue weighted by molar-refractivity contribution is 5.95. The van der Waals surface area contributed by atoms with Crippen LogP contribution in [0.5, 0.6) is 5.75 Å². The second-order valence-corrected chi connectivity index (χ2v) is 5.08. The molecule has 6 heteroatoms. The van der Waals surface area contributed by atoms with Crippen LogP contribution in [0.1, 0.15) is 17.2 Å². The molecule has 110 valence electrons. The summed E-state index contributed by atoms with van der Waals surface area (Å²) in [4.78, 5) is 12.4. The molecule has 1 aliphatic rings. The molecule has 3 rings (SSSR count). The SMILES string of the molecule is CNC(C(=O)Nc1ccc2c(c1)CCO2)c1cnn(C)c1. The predicted octanol–water partition coefficient (Wildman–Crippen LogP) is 1.25. The maximum absolute atomic E-state index is 12.4. The number of anilines is 1. The second-order valence-electron chi connectivity index (χ2n) is 5.08. The Morgan fingerprint density at radius 1 is 1.48 bits per heavy atom. The van der Waals surface area contributed by atoms with Crippen LogP contribution >= 0.6 is 0 Å². The molecule has 0 spiro atoms. The van der Waals surface area contributed by atoms with Crippen molar-refractivity contribution in [1.82, 2.24) is 15.1 Å². The zero-order chi connectivity index (χ0) is 14.8. The van der Waals surface area contributed by atoms with Crippen molar-refractivity contribution in [2.75, 3.05) is 19.0 Å². The van der Waals surface area contributed by atoms with Gasteiger partial charge in [-0.2, -0.15) is 5.10 Å². The predicted molar refractivity (Wildman–Crippen MR) is 79.3 cm³/mol. The first-order valence-corrected chi connectivity index (χ1v) is 6.90. The lowest BCUT2D eigenvalue weighted by Crippen LogP contribution is -2.30. The minimum Gasteiger partial charge on any atom is -0.493 e. The molecule has 1 aromatic heterocycles. The number of aryl methyl sites for hydroxylation is 1. The van der Waals surface area contributed by atoms with Crippen LogP contribution in [0.15, 0.2) is 30.6 Å².